The number of nitrogens with zero attached hydrogens (tertiary/aromatic N) is 2. The highest BCUT2D eigenvalue weighted by molar-refractivity contribution is 5.99. The lowest BCUT2D eigenvalue weighted by atomic mass is 10.0. The van der Waals surface area contributed by atoms with E-state index < -0.39 is 0 Å². The molecule has 4 heteroatoms. The lowest BCUT2D eigenvalue weighted by molar-refractivity contribution is 0.0915. The number of ketones is 1. The van der Waals surface area contributed by atoms with Crippen molar-refractivity contribution < 1.29 is 9.18 Å². The third-order valence-corrected chi connectivity index (χ3v) is 5.37. The number of benzene rings is 1. The van der Waals surface area contributed by atoms with E-state index in [1.54, 1.807) is 6.07 Å². The fourth-order valence-electron chi connectivity index (χ4n) is 4.11. The standard InChI is InChI=1S/C20H23FN2O/c1-14-18(20(24)13-22-9-3-2-4-10-22)12-17-7-5-15-11-16(21)6-8-19(15)23(14)17/h6,8,11-12H,2-5,7,9-10,13H2,1H3. The molecule has 2 aliphatic heterocycles. The first kappa shape index (κ1) is 15.6. The van der Waals surface area contributed by atoms with E-state index in [2.05, 4.69) is 9.47 Å². The summed E-state index contributed by atoms with van der Waals surface area (Å²) in [7, 11) is 0. The predicted molar refractivity (Wildman–Crippen MR) is 92.5 cm³/mol. The SMILES string of the molecule is Cc1c(C(=O)CN2CCCCC2)cc2n1-c1ccc(F)cc1CC2. The van der Waals surface area contributed by atoms with Gasteiger partial charge in [-0.3, -0.25) is 9.69 Å². The van der Waals surface area contributed by atoms with Gasteiger partial charge >= 0.3 is 0 Å². The van der Waals surface area contributed by atoms with Crippen molar-refractivity contribution in [2.75, 3.05) is 19.6 Å². The van der Waals surface area contributed by atoms with Gasteiger partial charge in [0.2, 0.25) is 0 Å². The number of rotatable bonds is 3. The normalized spacial score (nSPS) is 17.4. The topological polar surface area (TPSA) is 25.2 Å². The average Bonchev–Trinajstić information content (AvgIpc) is 2.93. The smallest absolute Gasteiger partial charge is 0.178 e. The van der Waals surface area contributed by atoms with Gasteiger partial charge in [0.15, 0.2) is 5.78 Å². The van der Waals surface area contributed by atoms with E-state index in [4.69, 9.17) is 0 Å². The molecule has 1 aromatic heterocycles. The number of likely N-dealkylation sites (tertiary alicyclic amines) is 1. The summed E-state index contributed by atoms with van der Waals surface area (Å²) < 4.78 is 15.6. The number of piperidine rings is 1. The quantitative estimate of drug-likeness (QED) is 0.804. The van der Waals surface area contributed by atoms with Crippen LogP contribution in [0.5, 0.6) is 0 Å². The van der Waals surface area contributed by atoms with Gasteiger partial charge in [0.25, 0.3) is 0 Å². The van der Waals surface area contributed by atoms with Crippen LogP contribution in [0.15, 0.2) is 24.3 Å². The molecule has 2 aliphatic rings. The van der Waals surface area contributed by atoms with Crippen molar-refractivity contribution in [3.05, 3.63) is 52.6 Å². The van der Waals surface area contributed by atoms with Crippen LogP contribution in [0.3, 0.4) is 0 Å². The highest BCUT2D eigenvalue weighted by Gasteiger charge is 2.24. The van der Waals surface area contributed by atoms with Crippen LogP contribution in [0.1, 0.15) is 46.6 Å². The fourth-order valence-corrected chi connectivity index (χ4v) is 4.11. The Morgan fingerprint density at radius 1 is 1.12 bits per heavy atom. The number of aromatic nitrogens is 1. The van der Waals surface area contributed by atoms with Gasteiger partial charge in [-0.1, -0.05) is 6.42 Å². The number of aryl methyl sites for hydroxylation is 2. The Kier molecular flexibility index (Phi) is 4.01. The van der Waals surface area contributed by atoms with E-state index >= 15 is 0 Å². The van der Waals surface area contributed by atoms with E-state index in [0.29, 0.717) is 6.54 Å². The van der Waals surface area contributed by atoms with Crippen LogP contribution in [0.4, 0.5) is 4.39 Å². The van der Waals surface area contributed by atoms with Crippen molar-refractivity contribution in [1.29, 1.82) is 0 Å². The number of halogens is 1. The van der Waals surface area contributed by atoms with E-state index in [0.717, 1.165) is 54.1 Å². The highest BCUT2D eigenvalue weighted by Crippen LogP contribution is 2.30. The van der Waals surface area contributed by atoms with Crippen molar-refractivity contribution in [2.45, 2.75) is 39.0 Å². The molecule has 0 unspecified atom stereocenters. The first-order valence-electron chi connectivity index (χ1n) is 8.89. The zero-order valence-corrected chi connectivity index (χ0v) is 14.1. The largest absolute Gasteiger partial charge is 0.317 e. The summed E-state index contributed by atoms with van der Waals surface area (Å²) in [6.07, 6.45) is 5.34. The van der Waals surface area contributed by atoms with E-state index in [1.165, 1.54) is 25.3 Å². The number of carbonyl (C=O) groups excluding carboxylic acids is 1. The average molecular weight is 326 g/mol. The van der Waals surface area contributed by atoms with Crippen LogP contribution in [0.2, 0.25) is 0 Å². The minimum Gasteiger partial charge on any atom is -0.317 e. The van der Waals surface area contributed by atoms with Crippen molar-refractivity contribution in [3.63, 3.8) is 0 Å². The maximum absolute atomic E-state index is 13.5. The van der Waals surface area contributed by atoms with Gasteiger partial charge in [-0.15, -0.1) is 0 Å². The number of Topliss-reactive ketones (excluding diaryl/α,β-unsaturated/α-hetero) is 1. The second kappa shape index (κ2) is 6.17. The molecule has 0 bridgehead atoms. The highest BCUT2D eigenvalue weighted by atomic mass is 19.1. The predicted octanol–water partition coefficient (Wildman–Crippen LogP) is 3.69. The van der Waals surface area contributed by atoms with E-state index in [1.807, 2.05) is 19.1 Å². The summed E-state index contributed by atoms with van der Waals surface area (Å²) in [5, 5.41) is 0. The van der Waals surface area contributed by atoms with E-state index in [9.17, 15) is 9.18 Å². The van der Waals surface area contributed by atoms with Gasteiger partial charge in [-0.2, -0.15) is 0 Å². The molecule has 4 rings (SSSR count). The second-order valence-electron chi connectivity index (χ2n) is 7.00. The molecule has 1 saturated heterocycles. The molecule has 126 valence electrons. The van der Waals surface area contributed by atoms with Crippen LogP contribution in [-0.2, 0) is 12.8 Å². The zero-order valence-electron chi connectivity index (χ0n) is 14.1. The second-order valence-corrected chi connectivity index (χ2v) is 7.00. The van der Waals surface area contributed by atoms with Gasteiger partial charge in [-0.05, 0) is 75.5 Å². The van der Waals surface area contributed by atoms with Gasteiger partial charge in [-0.25, -0.2) is 4.39 Å². The first-order chi connectivity index (χ1) is 11.6. The fraction of sp³-hybridized carbons (Fsp3) is 0.450. The van der Waals surface area contributed by atoms with Gasteiger partial charge < -0.3 is 4.57 Å². The Bertz CT molecular complexity index is 787. The summed E-state index contributed by atoms with van der Waals surface area (Å²) in [6.45, 7) is 4.58. The molecule has 0 atom stereocenters. The Labute approximate surface area is 142 Å². The number of fused-ring (bicyclic) bond motifs is 3. The van der Waals surface area contributed by atoms with Crippen molar-refractivity contribution in [2.24, 2.45) is 0 Å². The Hall–Kier alpha value is -1.94. The third kappa shape index (κ3) is 2.69. The van der Waals surface area contributed by atoms with Gasteiger partial charge in [0.1, 0.15) is 5.82 Å². The third-order valence-electron chi connectivity index (χ3n) is 5.37. The van der Waals surface area contributed by atoms with Crippen molar-refractivity contribution in [1.82, 2.24) is 9.47 Å². The molecular weight excluding hydrogens is 303 g/mol. The minimum absolute atomic E-state index is 0.191. The number of carbonyl (C=O) groups is 1. The molecule has 0 saturated carbocycles. The lowest BCUT2D eigenvalue weighted by Crippen LogP contribution is -2.34. The molecule has 1 aromatic carbocycles. The molecule has 0 aliphatic carbocycles. The Balaban J connectivity index is 1.65. The maximum atomic E-state index is 13.5. The molecular formula is C20H23FN2O. The lowest BCUT2D eigenvalue weighted by Gasteiger charge is -2.25. The summed E-state index contributed by atoms with van der Waals surface area (Å²) in [4.78, 5) is 15.1. The minimum atomic E-state index is -0.191. The molecule has 3 heterocycles. The van der Waals surface area contributed by atoms with Crippen LogP contribution in [0, 0.1) is 12.7 Å². The van der Waals surface area contributed by atoms with Gasteiger partial charge in [0, 0.05) is 22.6 Å². The molecule has 1 fully saturated rings. The number of hydrogen-bond acceptors (Lipinski definition) is 2. The molecule has 0 spiro atoms. The Morgan fingerprint density at radius 3 is 2.71 bits per heavy atom. The maximum Gasteiger partial charge on any atom is 0.178 e. The summed E-state index contributed by atoms with van der Waals surface area (Å²) in [5.41, 5.74) is 5.02. The summed E-state index contributed by atoms with van der Waals surface area (Å²) in [5.74, 6) is 0.0170. The molecule has 0 N–H and O–H groups in total. The Morgan fingerprint density at radius 2 is 1.92 bits per heavy atom. The van der Waals surface area contributed by atoms with Crippen LogP contribution >= 0.6 is 0 Å². The van der Waals surface area contributed by atoms with Crippen molar-refractivity contribution in [3.8, 4) is 5.69 Å². The van der Waals surface area contributed by atoms with Crippen LogP contribution < -0.4 is 0 Å². The number of hydrogen-bond donors (Lipinski definition) is 0. The first-order valence-corrected chi connectivity index (χ1v) is 8.89. The zero-order chi connectivity index (χ0) is 16.7. The van der Waals surface area contributed by atoms with E-state index in [-0.39, 0.29) is 11.6 Å². The van der Waals surface area contributed by atoms with Crippen LogP contribution in [0.25, 0.3) is 5.69 Å². The summed E-state index contributed by atoms with van der Waals surface area (Å²) >= 11 is 0. The van der Waals surface area contributed by atoms with Crippen LogP contribution in [-0.4, -0.2) is 34.9 Å². The molecule has 3 nitrogen and oxygen atoms in total. The summed E-state index contributed by atoms with van der Waals surface area (Å²) in [6, 6.07) is 7.00. The molecule has 2 aromatic rings. The molecule has 24 heavy (non-hydrogen) atoms. The van der Waals surface area contributed by atoms with Crippen molar-refractivity contribution >= 4 is 5.78 Å². The monoisotopic (exact) mass is 326 g/mol. The van der Waals surface area contributed by atoms with Gasteiger partial charge in [0.05, 0.1) is 6.54 Å². The molecule has 0 radical (unpaired) electrons. The molecule has 0 amide bonds.